The molecule has 20 heavy (non-hydrogen) atoms. The first-order chi connectivity index (χ1) is 9.74. The Labute approximate surface area is 127 Å². The van der Waals surface area contributed by atoms with Gasteiger partial charge < -0.3 is 4.74 Å². The molecule has 0 heterocycles. The summed E-state index contributed by atoms with van der Waals surface area (Å²) < 4.78 is 6.30. The number of rotatable bonds is 3. The Balaban J connectivity index is 2.19. The van der Waals surface area contributed by atoms with E-state index in [0.29, 0.717) is 17.9 Å². The maximum absolute atomic E-state index is 6.30. The van der Waals surface area contributed by atoms with Gasteiger partial charge in [0.15, 0.2) is 0 Å². The summed E-state index contributed by atoms with van der Waals surface area (Å²) in [5.74, 6) is 8.00. The van der Waals surface area contributed by atoms with Crippen LogP contribution in [0.1, 0.15) is 50.2 Å². The molecule has 1 aliphatic rings. The number of hydrogen-bond donors (Lipinski definition) is 0. The molecule has 0 aliphatic heterocycles. The number of ether oxygens (including phenoxy) is 1. The molecule has 1 saturated carbocycles. The minimum absolute atomic E-state index is 0.341. The van der Waals surface area contributed by atoms with Crippen LogP contribution in [-0.2, 0) is 0 Å². The van der Waals surface area contributed by atoms with Crippen LogP contribution in [0.4, 0.5) is 0 Å². The standard InChI is InChI=1S/C18H23ClO/c1-3-15-7-4-5-9-17(15)20-18-11-10-14(2)13-16(18)8-6-12-19/h10-11,13,15,17H,3-5,7,9,12H2,1-2H3. The highest BCUT2D eigenvalue weighted by molar-refractivity contribution is 6.19. The molecule has 0 bridgehead atoms. The molecule has 1 aromatic rings. The van der Waals surface area contributed by atoms with Crippen molar-refractivity contribution in [1.29, 1.82) is 0 Å². The maximum Gasteiger partial charge on any atom is 0.135 e. The van der Waals surface area contributed by atoms with Crippen LogP contribution in [0.2, 0.25) is 0 Å². The van der Waals surface area contributed by atoms with Crippen LogP contribution in [-0.4, -0.2) is 12.0 Å². The lowest BCUT2D eigenvalue weighted by Crippen LogP contribution is -2.30. The first-order valence-corrected chi connectivity index (χ1v) is 8.10. The van der Waals surface area contributed by atoms with E-state index < -0.39 is 0 Å². The summed E-state index contributed by atoms with van der Waals surface area (Å²) in [7, 11) is 0. The van der Waals surface area contributed by atoms with Crippen molar-refractivity contribution in [1.82, 2.24) is 0 Å². The molecule has 1 nitrogen and oxygen atoms in total. The van der Waals surface area contributed by atoms with Crippen molar-refractivity contribution in [3.63, 3.8) is 0 Å². The highest BCUT2D eigenvalue weighted by Crippen LogP contribution is 2.31. The fourth-order valence-corrected chi connectivity index (χ4v) is 3.00. The summed E-state index contributed by atoms with van der Waals surface area (Å²) in [6.07, 6.45) is 6.60. The Morgan fingerprint density at radius 3 is 2.85 bits per heavy atom. The SMILES string of the molecule is CCC1CCCCC1Oc1ccc(C)cc1C#CCCl. The van der Waals surface area contributed by atoms with Gasteiger partial charge in [-0.1, -0.05) is 31.3 Å². The number of alkyl halides is 1. The van der Waals surface area contributed by atoms with Crippen molar-refractivity contribution < 1.29 is 4.74 Å². The molecule has 1 aromatic carbocycles. The Morgan fingerprint density at radius 1 is 1.30 bits per heavy atom. The van der Waals surface area contributed by atoms with Gasteiger partial charge in [-0.05, 0) is 56.2 Å². The van der Waals surface area contributed by atoms with Gasteiger partial charge in [-0.2, -0.15) is 0 Å². The number of hydrogen-bond acceptors (Lipinski definition) is 1. The van der Waals surface area contributed by atoms with Gasteiger partial charge in [-0.3, -0.25) is 0 Å². The molecule has 0 radical (unpaired) electrons. The maximum atomic E-state index is 6.30. The van der Waals surface area contributed by atoms with E-state index in [-0.39, 0.29) is 0 Å². The molecule has 2 atom stereocenters. The number of halogens is 1. The predicted molar refractivity (Wildman–Crippen MR) is 85.4 cm³/mol. The van der Waals surface area contributed by atoms with E-state index >= 15 is 0 Å². The van der Waals surface area contributed by atoms with E-state index in [2.05, 4.69) is 43.9 Å². The number of aryl methyl sites for hydroxylation is 1. The lowest BCUT2D eigenvalue weighted by Gasteiger charge is -2.31. The Kier molecular flexibility index (Phi) is 5.80. The fourth-order valence-electron chi connectivity index (χ4n) is 2.93. The summed E-state index contributed by atoms with van der Waals surface area (Å²) in [6.45, 7) is 4.33. The normalized spacial score (nSPS) is 21.9. The van der Waals surface area contributed by atoms with E-state index in [9.17, 15) is 0 Å². The van der Waals surface area contributed by atoms with Crippen LogP contribution in [0.25, 0.3) is 0 Å². The molecule has 0 amide bonds. The van der Waals surface area contributed by atoms with Crippen molar-refractivity contribution in [2.75, 3.05) is 5.88 Å². The third-order valence-electron chi connectivity index (χ3n) is 4.07. The summed E-state index contributed by atoms with van der Waals surface area (Å²) in [6, 6.07) is 6.22. The third-order valence-corrected chi connectivity index (χ3v) is 4.20. The highest BCUT2D eigenvalue weighted by atomic mass is 35.5. The molecule has 2 heteroatoms. The average molecular weight is 291 g/mol. The van der Waals surface area contributed by atoms with Crippen LogP contribution in [0, 0.1) is 24.7 Å². The zero-order valence-electron chi connectivity index (χ0n) is 12.4. The van der Waals surface area contributed by atoms with E-state index in [4.69, 9.17) is 16.3 Å². The molecule has 2 rings (SSSR count). The minimum Gasteiger partial charge on any atom is -0.489 e. The van der Waals surface area contributed by atoms with Crippen molar-refractivity contribution in [2.45, 2.75) is 52.1 Å². The van der Waals surface area contributed by atoms with Crippen molar-refractivity contribution in [2.24, 2.45) is 5.92 Å². The van der Waals surface area contributed by atoms with Gasteiger partial charge in [0.2, 0.25) is 0 Å². The molecule has 0 aromatic heterocycles. The highest BCUT2D eigenvalue weighted by Gasteiger charge is 2.25. The average Bonchev–Trinajstić information content (AvgIpc) is 2.48. The molecule has 1 aliphatic carbocycles. The fraction of sp³-hybridized carbons (Fsp3) is 0.556. The Bertz CT molecular complexity index is 498. The zero-order chi connectivity index (χ0) is 14.4. The Morgan fingerprint density at radius 2 is 2.10 bits per heavy atom. The topological polar surface area (TPSA) is 9.23 Å². The predicted octanol–water partition coefficient (Wildman–Crippen LogP) is 4.93. The van der Waals surface area contributed by atoms with E-state index in [0.717, 1.165) is 17.7 Å². The summed E-state index contributed by atoms with van der Waals surface area (Å²) in [5.41, 5.74) is 2.16. The van der Waals surface area contributed by atoms with Crippen molar-refractivity contribution in [3.05, 3.63) is 29.3 Å². The van der Waals surface area contributed by atoms with Gasteiger partial charge in [0, 0.05) is 0 Å². The minimum atomic E-state index is 0.341. The summed E-state index contributed by atoms with van der Waals surface area (Å²) in [5, 5.41) is 0. The lowest BCUT2D eigenvalue weighted by molar-refractivity contribution is 0.0901. The second-order valence-corrected chi connectivity index (χ2v) is 5.81. The third kappa shape index (κ3) is 3.93. The van der Waals surface area contributed by atoms with Crippen LogP contribution in [0.15, 0.2) is 18.2 Å². The summed E-state index contributed by atoms with van der Waals surface area (Å²) >= 11 is 5.67. The smallest absolute Gasteiger partial charge is 0.135 e. The first kappa shape index (κ1) is 15.3. The van der Waals surface area contributed by atoms with Crippen LogP contribution in [0.5, 0.6) is 5.75 Å². The second kappa shape index (κ2) is 7.60. The molecular weight excluding hydrogens is 268 g/mol. The van der Waals surface area contributed by atoms with E-state index in [1.165, 1.54) is 31.2 Å². The van der Waals surface area contributed by atoms with Gasteiger partial charge in [0.1, 0.15) is 11.9 Å². The summed E-state index contributed by atoms with van der Waals surface area (Å²) in [4.78, 5) is 0. The van der Waals surface area contributed by atoms with Gasteiger partial charge in [-0.15, -0.1) is 11.6 Å². The lowest BCUT2D eigenvalue weighted by atomic mass is 9.84. The quantitative estimate of drug-likeness (QED) is 0.566. The molecular formula is C18H23ClO. The van der Waals surface area contributed by atoms with Gasteiger partial charge in [0.25, 0.3) is 0 Å². The van der Waals surface area contributed by atoms with Crippen molar-refractivity contribution in [3.8, 4) is 17.6 Å². The second-order valence-electron chi connectivity index (χ2n) is 5.54. The van der Waals surface area contributed by atoms with Gasteiger partial charge in [0.05, 0.1) is 11.4 Å². The molecule has 0 saturated heterocycles. The monoisotopic (exact) mass is 290 g/mol. The van der Waals surface area contributed by atoms with Gasteiger partial charge in [-0.25, -0.2) is 0 Å². The van der Waals surface area contributed by atoms with E-state index in [1.54, 1.807) is 0 Å². The molecule has 0 spiro atoms. The van der Waals surface area contributed by atoms with Crippen LogP contribution < -0.4 is 4.74 Å². The Hall–Kier alpha value is -1.13. The largest absolute Gasteiger partial charge is 0.489 e. The van der Waals surface area contributed by atoms with E-state index in [1.807, 2.05) is 0 Å². The van der Waals surface area contributed by atoms with Crippen molar-refractivity contribution >= 4 is 11.6 Å². The molecule has 0 N–H and O–H groups in total. The van der Waals surface area contributed by atoms with Crippen LogP contribution >= 0.6 is 11.6 Å². The van der Waals surface area contributed by atoms with Crippen LogP contribution in [0.3, 0.4) is 0 Å². The molecule has 108 valence electrons. The molecule has 2 unspecified atom stereocenters. The molecule has 1 fully saturated rings. The van der Waals surface area contributed by atoms with Gasteiger partial charge >= 0.3 is 0 Å². The zero-order valence-corrected chi connectivity index (χ0v) is 13.2. The number of benzene rings is 1. The first-order valence-electron chi connectivity index (χ1n) is 7.56.